The highest BCUT2D eigenvalue weighted by Gasteiger charge is 2.64. The van der Waals surface area contributed by atoms with Crippen LogP contribution in [-0.4, -0.2) is 17.1 Å². The van der Waals surface area contributed by atoms with E-state index < -0.39 is 5.97 Å². The number of aromatic carboxylic acids is 1. The van der Waals surface area contributed by atoms with Crippen LogP contribution < -0.4 is 5.32 Å². The van der Waals surface area contributed by atoms with Gasteiger partial charge in [-0.3, -0.25) is 0 Å². The minimum atomic E-state index is -0.821. The Morgan fingerprint density at radius 3 is 2.72 bits per heavy atom. The Kier molecular flexibility index (Phi) is 2.33. The second-order valence-electron chi connectivity index (χ2n) is 6.00. The van der Waals surface area contributed by atoms with Crippen LogP contribution in [0.2, 0.25) is 0 Å². The van der Waals surface area contributed by atoms with E-state index in [0.29, 0.717) is 5.56 Å². The van der Waals surface area contributed by atoms with Crippen molar-refractivity contribution >= 4 is 17.3 Å². The summed E-state index contributed by atoms with van der Waals surface area (Å²) in [5.41, 5.74) is 0.424. The van der Waals surface area contributed by atoms with Gasteiger partial charge in [0.25, 0.3) is 0 Å². The molecule has 3 aliphatic rings. The van der Waals surface area contributed by atoms with Crippen molar-refractivity contribution < 1.29 is 9.90 Å². The van der Waals surface area contributed by atoms with E-state index in [2.05, 4.69) is 5.32 Å². The van der Waals surface area contributed by atoms with Gasteiger partial charge in [-0.25, -0.2) is 4.79 Å². The predicted octanol–water partition coefficient (Wildman–Crippen LogP) is 2.58. The molecule has 18 heavy (non-hydrogen) atoms. The first-order valence-electron chi connectivity index (χ1n) is 6.78. The molecule has 2 N–H and O–H groups in total. The normalized spacial score (nSPS) is 39.9. The Labute approximate surface area is 110 Å². The van der Waals surface area contributed by atoms with E-state index in [1.807, 2.05) is 0 Å². The molecule has 1 heterocycles. The molecule has 0 radical (unpaired) electrons. The van der Waals surface area contributed by atoms with E-state index in [1.54, 1.807) is 22.8 Å². The lowest BCUT2D eigenvalue weighted by Gasteiger charge is -2.09. The standard InChI is InChI=1S/C14H17NO2S/c16-14(17)9-4-10(18-6-9)5-15-13-11-7-1-2-8(3-7)12(11)13/h4,6-8,11-13,15H,1-3,5H2,(H,16,17). The summed E-state index contributed by atoms with van der Waals surface area (Å²) < 4.78 is 0. The van der Waals surface area contributed by atoms with Crippen molar-refractivity contribution in [2.75, 3.05) is 0 Å². The zero-order chi connectivity index (χ0) is 12.3. The topological polar surface area (TPSA) is 49.3 Å². The van der Waals surface area contributed by atoms with Crippen LogP contribution in [0.1, 0.15) is 34.5 Å². The van der Waals surface area contributed by atoms with Gasteiger partial charge in [0.1, 0.15) is 0 Å². The highest BCUT2D eigenvalue weighted by Crippen LogP contribution is 2.65. The molecule has 4 rings (SSSR count). The largest absolute Gasteiger partial charge is 0.478 e. The molecule has 0 spiro atoms. The average molecular weight is 263 g/mol. The van der Waals surface area contributed by atoms with Crippen molar-refractivity contribution in [3.63, 3.8) is 0 Å². The maximum atomic E-state index is 10.8. The van der Waals surface area contributed by atoms with Crippen LogP contribution in [0.4, 0.5) is 0 Å². The Balaban J connectivity index is 1.36. The molecule has 4 heteroatoms. The van der Waals surface area contributed by atoms with E-state index in [0.717, 1.165) is 41.1 Å². The molecular weight excluding hydrogens is 246 g/mol. The number of thiophene rings is 1. The lowest BCUT2D eigenvalue weighted by atomic mass is 10.0. The Morgan fingerprint density at radius 1 is 1.39 bits per heavy atom. The van der Waals surface area contributed by atoms with Crippen LogP contribution in [0.15, 0.2) is 11.4 Å². The summed E-state index contributed by atoms with van der Waals surface area (Å²) in [5.74, 6) is 3.06. The first kappa shape index (κ1) is 11.0. The number of carboxylic acids is 1. The SMILES string of the molecule is O=C(O)c1csc(CNC2C3C4CCC(C4)C23)c1. The van der Waals surface area contributed by atoms with E-state index in [9.17, 15) is 4.79 Å². The van der Waals surface area contributed by atoms with Crippen LogP contribution in [0.25, 0.3) is 0 Å². The van der Waals surface area contributed by atoms with Gasteiger partial charge in [-0.2, -0.15) is 0 Å². The van der Waals surface area contributed by atoms with Crippen LogP contribution in [0, 0.1) is 23.7 Å². The highest BCUT2D eigenvalue weighted by molar-refractivity contribution is 7.10. The maximum absolute atomic E-state index is 10.8. The second kappa shape index (κ2) is 3.81. The summed E-state index contributed by atoms with van der Waals surface area (Å²) in [6.45, 7) is 0.842. The molecule has 0 aromatic carbocycles. The maximum Gasteiger partial charge on any atom is 0.336 e. The Morgan fingerprint density at radius 2 is 2.11 bits per heavy atom. The molecule has 2 bridgehead atoms. The van der Waals surface area contributed by atoms with Crippen molar-refractivity contribution in [3.05, 3.63) is 21.9 Å². The fraction of sp³-hybridized carbons (Fsp3) is 0.643. The summed E-state index contributed by atoms with van der Waals surface area (Å²) in [6.07, 6.45) is 4.38. The van der Waals surface area contributed by atoms with Crippen LogP contribution in [0.5, 0.6) is 0 Å². The molecule has 3 nitrogen and oxygen atoms in total. The third-order valence-corrected chi connectivity index (χ3v) is 6.08. The molecule has 3 fully saturated rings. The van der Waals surface area contributed by atoms with Crippen molar-refractivity contribution in [1.82, 2.24) is 5.32 Å². The van der Waals surface area contributed by atoms with E-state index in [4.69, 9.17) is 5.11 Å². The molecule has 0 saturated heterocycles. The minimum absolute atomic E-state index is 0.424. The molecule has 1 aromatic rings. The lowest BCUT2D eigenvalue weighted by Crippen LogP contribution is -2.22. The van der Waals surface area contributed by atoms with E-state index >= 15 is 0 Å². The molecule has 4 atom stereocenters. The first-order chi connectivity index (χ1) is 8.74. The van der Waals surface area contributed by atoms with Crippen molar-refractivity contribution in [2.45, 2.75) is 31.8 Å². The number of hydrogen-bond acceptors (Lipinski definition) is 3. The highest BCUT2D eigenvalue weighted by atomic mass is 32.1. The zero-order valence-corrected chi connectivity index (χ0v) is 11.0. The summed E-state index contributed by atoms with van der Waals surface area (Å²) in [5, 5.41) is 14.3. The quantitative estimate of drug-likeness (QED) is 0.878. The van der Waals surface area contributed by atoms with Gasteiger partial charge in [0, 0.05) is 22.8 Å². The Bertz CT molecular complexity index is 482. The lowest BCUT2D eigenvalue weighted by molar-refractivity contribution is 0.0697. The minimum Gasteiger partial charge on any atom is -0.478 e. The van der Waals surface area contributed by atoms with Crippen LogP contribution in [-0.2, 0) is 6.54 Å². The molecule has 3 aliphatic carbocycles. The molecule has 0 amide bonds. The number of carboxylic acid groups (broad SMARTS) is 1. The van der Waals surface area contributed by atoms with E-state index in [1.165, 1.54) is 19.3 Å². The average Bonchev–Trinajstić information content (AvgIpc) is 2.81. The van der Waals surface area contributed by atoms with Gasteiger partial charge in [0.15, 0.2) is 0 Å². The fourth-order valence-corrected chi connectivity index (χ4v) is 5.21. The number of rotatable bonds is 4. The number of carbonyl (C=O) groups is 1. The Hall–Kier alpha value is -0.870. The number of hydrogen-bond donors (Lipinski definition) is 2. The molecular formula is C14H17NO2S. The van der Waals surface area contributed by atoms with Gasteiger partial charge in [0.2, 0.25) is 0 Å². The van der Waals surface area contributed by atoms with Gasteiger partial charge in [-0.15, -0.1) is 11.3 Å². The van der Waals surface area contributed by atoms with Crippen molar-refractivity contribution in [2.24, 2.45) is 23.7 Å². The first-order valence-corrected chi connectivity index (χ1v) is 7.66. The number of fused-ring (bicyclic) bond motifs is 5. The summed E-state index contributed by atoms with van der Waals surface area (Å²) >= 11 is 1.55. The predicted molar refractivity (Wildman–Crippen MR) is 69.7 cm³/mol. The second-order valence-corrected chi connectivity index (χ2v) is 7.00. The van der Waals surface area contributed by atoms with Gasteiger partial charge >= 0.3 is 5.97 Å². The molecule has 0 aliphatic heterocycles. The zero-order valence-electron chi connectivity index (χ0n) is 10.1. The monoisotopic (exact) mass is 263 g/mol. The van der Waals surface area contributed by atoms with Gasteiger partial charge in [-0.1, -0.05) is 0 Å². The fourth-order valence-electron chi connectivity index (χ4n) is 4.40. The summed E-state index contributed by atoms with van der Waals surface area (Å²) in [6, 6.07) is 2.53. The molecule has 3 saturated carbocycles. The third kappa shape index (κ3) is 1.55. The molecule has 1 aromatic heterocycles. The molecule has 96 valence electrons. The third-order valence-electron chi connectivity index (χ3n) is 5.15. The summed E-state index contributed by atoms with van der Waals surface area (Å²) in [7, 11) is 0. The molecule has 4 unspecified atom stereocenters. The van der Waals surface area contributed by atoms with E-state index in [-0.39, 0.29) is 0 Å². The van der Waals surface area contributed by atoms with Crippen LogP contribution >= 0.6 is 11.3 Å². The number of nitrogens with one attached hydrogen (secondary N) is 1. The van der Waals surface area contributed by atoms with Crippen molar-refractivity contribution in [3.8, 4) is 0 Å². The summed E-state index contributed by atoms with van der Waals surface area (Å²) in [4.78, 5) is 11.9. The van der Waals surface area contributed by atoms with Crippen molar-refractivity contribution in [1.29, 1.82) is 0 Å². The smallest absolute Gasteiger partial charge is 0.336 e. The van der Waals surface area contributed by atoms with Gasteiger partial charge in [0.05, 0.1) is 5.56 Å². The van der Waals surface area contributed by atoms with Crippen LogP contribution in [0.3, 0.4) is 0 Å². The van der Waals surface area contributed by atoms with Gasteiger partial charge < -0.3 is 10.4 Å². The van der Waals surface area contributed by atoms with Gasteiger partial charge in [-0.05, 0) is 49.0 Å².